The molecular formula is C19H22ClNO5. The van der Waals surface area contributed by atoms with Crippen molar-refractivity contribution in [2.75, 3.05) is 20.8 Å². The predicted molar refractivity (Wildman–Crippen MR) is 99.1 cm³/mol. The Bertz CT molecular complexity index is 752. The smallest absolute Gasteiger partial charge is 0.260 e. The molecule has 0 spiro atoms. The summed E-state index contributed by atoms with van der Waals surface area (Å²) in [5, 5.41) is 13.6. The maximum absolute atomic E-state index is 12.2. The number of rotatable bonds is 8. The van der Waals surface area contributed by atoms with Crippen LogP contribution < -0.4 is 19.5 Å². The van der Waals surface area contributed by atoms with Crippen molar-refractivity contribution >= 4 is 17.5 Å². The highest BCUT2D eigenvalue weighted by Crippen LogP contribution is 2.29. The first kappa shape index (κ1) is 19.9. The van der Waals surface area contributed by atoms with Gasteiger partial charge in [0.25, 0.3) is 5.91 Å². The van der Waals surface area contributed by atoms with Crippen molar-refractivity contribution in [1.82, 2.24) is 5.32 Å². The Morgan fingerprint density at radius 1 is 1.15 bits per heavy atom. The lowest BCUT2D eigenvalue weighted by atomic mass is 10.1. The number of benzene rings is 2. The second kappa shape index (κ2) is 9.31. The Morgan fingerprint density at radius 3 is 2.58 bits per heavy atom. The van der Waals surface area contributed by atoms with Gasteiger partial charge in [-0.25, -0.2) is 0 Å². The molecule has 2 aromatic carbocycles. The van der Waals surface area contributed by atoms with E-state index in [4.69, 9.17) is 25.8 Å². The summed E-state index contributed by atoms with van der Waals surface area (Å²) in [5.74, 6) is 1.24. The maximum atomic E-state index is 12.2. The number of hydrogen-bond donors (Lipinski definition) is 2. The summed E-state index contributed by atoms with van der Waals surface area (Å²) in [6.45, 7) is 1.63. The summed E-state index contributed by atoms with van der Waals surface area (Å²) >= 11 is 5.90. The highest BCUT2D eigenvalue weighted by atomic mass is 35.5. The molecule has 0 aromatic heterocycles. The van der Waals surface area contributed by atoms with Gasteiger partial charge in [-0.15, -0.1) is 0 Å². The third kappa shape index (κ3) is 5.28. The second-order valence-corrected chi connectivity index (χ2v) is 6.02. The molecule has 2 aromatic rings. The van der Waals surface area contributed by atoms with E-state index in [9.17, 15) is 9.90 Å². The summed E-state index contributed by atoms with van der Waals surface area (Å²) in [7, 11) is 3.05. The lowest BCUT2D eigenvalue weighted by Crippen LogP contribution is -2.38. The average molecular weight is 380 g/mol. The Morgan fingerprint density at radius 2 is 1.92 bits per heavy atom. The van der Waals surface area contributed by atoms with E-state index < -0.39 is 12.2 Å². The molecule has 0 saturated carbocycles. The molecule has 2 rings (SSSR count). The largest absolute Gasteiger partial charge is 0.497 e. The minimum absolute atomic E-state index is 0.00556. The van der Waals surface area contributed by atoms with Crippen LogP contribution in [0.1, 0.15) is 18.6 Å². The summed E-state index contributed by atoms with van der Waals surface area (Å²) in [4.78, 5) is 12.2. The lowest BCUT2D eigenvalue weighted by Gasteiger charge is -2.19. The van der Waals surface area contributed by atoms with E-state index >= 15 is 0 Å². The van der Waals surface area contributed by atoms with Crippen LogP contribution in [0.25, 0.3) is 0 Å². The number of halogens is 1. The van der Waals surface area contributed by atoms with Crippen LogP contribution in [0.4, 0.5) is 0 Å². The van der Waals surface area contributed by atoms with E-state index in [0.29, 0.717) is 27.8 Å². The van der Waals surface area contributed by atoms with Crippen molar-refractivity contribution in [2.45, 2.75) is 19.1 Å². The standard InChI is InChI=1S/C19H22ClNO5/c1-12(26-15-6-4-5-13(20)9-15)19(23)21-11-17(22)16-10-14(24-2)7-8-18(16)25-3/h4-10,12,17,22H,11H2,1-3H3,(H,21,23). The number of aliphatic hydroxyl groups is 1. The van der Waals surface area contributed by atoms with Gasteiger partial charge in [-0.2, -0.15) is 0 Å². The maximum Gasteiger partial charge on any atom is 0.260 e. The summed E-state index contributed by atoms with van der Waals surface area (Å²) in [6.07, 6.45) is -1.70. The first-order valence-corrected chi connectivity index (χ1v) is 8.42. The van der Waals surface area contributed by atoms with Crippen LogP contribution in [-0.4, -0.2) is 37.9 Å². The molecule has 1 amide bonds. The number of methoxy groups -OCH3 is 2. The fourth-order valence-corrected chi connectivity index (χ4v) is 2.53. The SMILES string of the molecule is COc1ccc(OC)c(C(O)CNC(=O)C(C)Oc2cccc(Cl)c2)c1. The molecule has 0 heterocycles. The fourth-order valence-electron chi connectivity index (χ4n) is 2.35. The Labute approximate surface area is 157 Å². The van der Waals surface area contributed by atoms with Crippen LogP contribution in [-0.2, 0) is 4.79 Å². The zero-order valence-electron chi connectivity index (χ0n) is 14.9. The highest BCUT2D eigenvalue weighted by molar-refractivity contribution is 6.30. The molecule has 7 heteroatoms. The number of nitrogens with one attached hydrogen (secondary N) is 1. The van der Waals surface area contributed by atoms with Crippen molar-refractivity contribution in [1.29, 1.82) is 0 Å². The summed E-state index contributed by atoms with van der Waals surface area (Å²) in [6, 6.07) is 11.9. The first-order chi connectivity index (χ1) is 12.4. The summed E-state index contributed by atoms with van der Waals surface area (Å²) < 4.78 is 16.0. The van der Waals surface area contributed by atoms with E-state index in [1.807, 2.05) is 0 Å². The van der Waals surface area contributed by atoms with Gasteiger partial charge in [0.1, 0.15) is 17.2 Å². The molecule has 0 fully saturated rings. The van der Waals surface area contributed by atoms with E-state index in [1.165, 1.54) is 14.2 Å². The molecule has 0 aliphatic rings. The average Bonchev–Trinajstić information content (AvgIpc) is 2.65. The monoisotopic (exact) mass is 379 g/mol. The van der Waals surface area contributed by atoms with E-state index in [1.54, 1.807) is 49.4 Å². The quantitative estimate of drug-likeness (QED) is 0.737. The van der Waals surface area contributed by atoms with Gasteiger partial charge >= 0.3 is 0 Å². The molecular weight excluding hydrogens is 358 g/mol. The van der Waals surface area contributed by atoms with E-state index in [-0.39, 0.29) is 12.5 Å². The van der Waals surface area contributed by atoms with Crippen LogP contribution in [0.2, 0.25) is 5.02 Å². The van der Waals surface area contributed by atoms with Gasteiger partial charge in [0.15, 0.2) is 6.10 Å². The van der Waals surface area contributed by atoms with Gasteiger partial charge in [-0.3, -0.25) is 4.79 Å². The van der Waals surface area contributed by atoms with Gasteiger partial charge in [0, 0.05) is 17.1 Å². The molecule has 0 aliphatic carbocycles. The van der Waals surface area contributed by atoms with E-state index in [2.05, 4.69) is 5.32 Å². The van der Waals surface area contributed by atoms with Crippen LogP contribution >= 0.6 is 11.6 Å². The third-order valence-electron chi connectivity index (χ3n) is 3.74. The van der Waals surface area contributed by atoms with Crippen molar-refractivity contribution in [3.8, 4) is 17.2 Å². The molecule has 140 valence electrons. The Hall–Kier alpha value is -2.44. The molecule has 26 heavy (non-hydrogen) atoms. The van der Waals surface area contributed by atoms with Crippen molar-refractivity contribution in [2.24, 2.45) is 0 Å². The number of carbonyl (C=O) groups excluding carboxylic acids is 1. The molecule has 2 N–H and O–H groups in total. The van der Waals surface area contributed by atoms with Gasteiger partial charge < -0.3 is 24.6 Å². The molecule has 0 saturated heterocycles. The molecule has 6 nitrogen and oxygen atoms in total. The van der Waals surface area contributed by atoms with Crippen molar-refractivity contribution in [3.63, 3.8) is 0 Å². The topological polar surface area (TPSA) is 77.0 Å². The summed E-state index contributed by atoms with van der Waals surface area (Å²) in [5.41, 5.74) is 0.524. The van der Waals surface area contributed by atoms with Gasteiger partial charge in [0.05, 0.1) is 20.3 Å². The van der Waals surface area contributed by atoms with Crippen LogP contribution in [0.3, 0.4) is 0 Å². The van der Waals surface area contributed by atoms with Crippen LogP contribution in [0.5, 0.6) is 17.2 Å². The van der Waals surface area contributed by atoms with E-state index in [0.717, 1.165) is 0 Å². The molecule has 0 aliphatic heterocycles. The lowest BCUT2D eigenvalue weighted by molar-refractivity contribution is -0.127. The third-order valence-corrected chi connectivity index (χ3v) is 3.98. The van der Waals surface area contributed by atoms with Crippen LogP contribution in [0, 0.1) is 0 Å². The molecule has 2 unspecified atom stereocenters. The number of ether oxygens (including phenoxy) is 3. The zero-order chi connectivity index (χ0) is 19.1. The zero-order valence-corrected chi connectivity index (χ0v) is 15.6. The van der Waals surface area contributed by atoms with Gasteiger partial charge in [-0.1, -0.05) is 17.7 Å². The minimum atomic E-state index is -0.956. The second-order valence-electron chi connectivity index (χ2n) is 5.59. The Balaban J connectivity index is 1.96. The number of amides is 1. The first-order valence-electron chi connectivity index (χ1n) is 8.04. The molecule has 2 atom stereocenters. The number of carbonyl (C=O) groups is 1. The van der Waals surface area contributed by atoms with Gasteiger partial charge in [-0.05, 0) is 43.3 Å². The molecule has 0 bridgehead atoms. The fraction of sp³-hybridized carbons (Fsp3) is 0.316. The number of hydrogen-bond acceptors (Lipinski definition) is 5. The minimum Gasteiger partial charge on any atom is -0.497 e. The molecule has 0 radical (unpaired) electrons. The Kier molecular flexibility index (Phi) is 7.12. The van der Waals surface area contributed by atoms with Crippen molar-refractivity contribution < 1.29 is 24.1 Å². The number of aliphatic hydroxyl groups excluding tert-OH is 1. The van der Waals surface area contributed by atoms with Gasteiger partial charge in [0.2, 0.25) is 0 Å². The van der Waals surface area contributed by atoms with Crippen molar-refractivity contribution in [3.05, 3.63) is 53.1 Å². The van der Waals surface area contributed by atoms with Crippen LogP contribution in [0.15, 0.2) is 42.5 Å². The predicted octanol–water partition coefficient (Wildman–Crippen LogP) is 2.97. The normalized spacial score (nSPS) is 12.8. The highest BCUT2D eigenvalue weighted by Gasteiger charge is 2.19.